The Morgan fingerprint density at radius 2 is 1.54 bits per heavy atom. The first-order chi connectivity index (χ1) is 25.7. The third-order valence-corrected chi connectivity index (χ3v) is 12.2. The first-order valence-corrected chi connectivity index (χ1v) is 20.5. The minimum Gasteiger partial charge on any atom is -0.454 e. The van der Waals surface area contributed by atoms with Gasteiger partial charge in [-0.25, -0.2) is 13.1 Å². The summed E-state index contributed by atoms with van der Waals surface area (Å²) in [5, 5.41) is 4.71. The Hall–Kier alpha value is -4.45. The van der Waals surface area contributed by atoms with E-state index in [-0.39, 0.29) is 30.4 Å². The van der Waals surface area contributed by atoms with E-state index in [0.717, 1.165) is 22.9 Å². The number of piperidine rings is 1. The van der Waals surface area contributed by atoms with Gasteiger partial charge in [-0.3, -0.25) is 14.5 Å². The fourth-order valence-electron chi connectivity index (χ4n) is 7.75. The van der Waals surface area contributed by atoms with Crippen molar-refractivity contribution in [3.05, 3.63) is 102 Å². The molecular formula is C43H54N4O6S. The zero-order valence-corrected chi connectivity index (χ0v) is 33.1. The first-order valence-electron chi connectivity index (χ1n) is 19.1. The molecule has 1 saturated heterocycles. The number of amides is 2. The number of carbonyl (C=O) groups is 2. The summed E-state index contributed by atoms with van der Waals surface area (Å²) in [5.41, 5.74) is 2.18. The molecular weight excluding hydrogens is 701 g/mol. The summed E-state index contributed by atoms with van der Waals surface area (Å²) in [5.74, 6) is 0.340. The summed E-state index contributed by atoms with van der Waals surface area (Å²) in [6.45, 7) is 13.8. The smallest absolute Gasteiger partial charge is 0.245 e. The van der Waals surface area contributed by atoms with Crippen molar-refractivity contribution >= 4 is 32.6 Å². The Bertz CT molecular complexity index is 2050. The lowest BCUT2D eigenvalue weighted by Gasteiger charge is -2.39. The number of hydrogen-bond donors (Lipinski definition) is 2. The SMILES string of the molecule is CCN(C(=O)[C@@H](Cc1ccc(CN2C(C)CCCC2C)cc1)NC(=O)C[C@H](NS(=O)(=O)c1ccc2ccccc2c1)c1ccc2c(c1)OCO2)C(C)(C)C. The molecule has 2 heterocycles. The van der Waals surface area contributed by atoms with Crippen molar-refractivity contribution in [1.82, 2.24) is 19.8 Å². The number of ether oxygens (including phenoxy) is 2. The van der Waals surface area contributed by atoms with E-state index in [0.29, 0.717) is 35.7 Å². The number of sulfonamides is 1. The Labute approximate surface area is 320 Å². The van der Waals surface area contributed by atoms with Crippen LogP contribution in [-0.4, -0.2) is 67.0 Å². The van der Waals surface area contributed by atoms with Crippen LogP contribution in [0.2, 0.25) is 0 Å². The largest absolute Gasteiger partial charge is 0.454 e. The van der Waals surface area contributed by atoms with Gasteiger partial charge in [0.2, 0.25) is 28.6 Å². The average Bonchev–Trinajstić information content (AvgIpc) is 3.61. The first kappa shape index (κ1) is 39.2. The number of likely N-dealkylation sites (tertiary alicyclic amines) is 1. The maximum absolute atomic E-state index is 14.2. The van der Waals surface area contributed by atoms with Gasteiger partial charge in [0, 0.05) is 43.6 Å². The quantitative estimate of drug-likeness (QED) is 0.149. The van der Waals surface area contributed by atoms with Crippen LogP contribution in [0.3, 0.4) is 0 Å². The van der Waals surface area contributed by atoms with Crippen LogP contribution in [0.5, 0.6) is 11.5 Å². The van der Waals surface area contributed by atoms with E-state index in [1.807, 2.05) is 64.1 Å². The highest BCUT2D eigenvalue weighted by atomic mass is 32.2. The highest BCUT2D eigenvalue weighted by Crippen LogP contribution is 2.35. The van der Waals surface area contributed by atoms with Crippen molar-refractivity contribution < 1.29 is 27.5 Å². The van der Waals surface area contributed by atoms with Crippen LogP contribution in [0, 0.1) is 0 Å². The molecule has 288 valence electrons. The Kier molecular flexibility index (Phi) is 12.0. The third-order valence-electron chi connectivity index (χ3n) is 10.7. The van der Waals surface area contributed by atoms with Gasteiger partial charge in [0.05, 0.1) is 10.9 Å². The molecule has 2 aliphatic rings. The van der Waals surface area contributed by atoms with E-state index >= 15 is 0 Å². The molecule has 0 radical (unpaired) electrons. The number of likely N-dealkylation sites (N-methyl/N-ethyl adjacent to an activating group) is 1. The minimum absolute atomic E-state index is 0.0513. The fraction of sp³-hybridized carbons (Fsp3) is 0.442. The molecule has 1 fully saturated rings. The molecule has 0 spiro atoms. The van der Waals surface area contributed by atoms with E-state index in [2.05, 4.69) is 40.9 Å². The molecule has 2 unspecified atom stereocenters. The third kappa shape index (κ3) is 9.25. The molecule has 6 rings (SSSR count). The van der Waals surface area contributed by atoms with Crippen molar-refractivity contribution in [2.75, 3.05) is 13.3 Å². The van der Waals surface area contributed by atoms with Crippen LogP contribution in [0.25, 0.3) is 10.8 Å². The van der Waals surface area contributed by atoms with E-state index in [1.165, 1.54) is 24.8 Å². The summed E-state index contributed by atoms with van der Waals surface area (Å²) in [6.07, 6.45) is 3.69. The lowest BCUT2D eigenvalue weighted by Crippen LogP contribution is -2.55. The summed E-state index contributed by atoms with van der Waals surface area (Å²) in [7, 11) is -4.09. The van der Waals surface area contributed by atoms with Crippen molar-refractivity contribution in [1.29, 1.82) is 0 Å². The zero-order valence-electron chi connectivity index (χ0n) is 32.3. The number of nitrogens with zero attached hydrogens (tertiary/aromatic N) is 2. The number of rotatable bonds is 13. The second-order valence-corrected chi connectivity index (χ2v) is 17.4. The van der Waals surface area contributed by atoms with Gasteiger partial charge < -0.3 is 19.7 Å². The molecule has 0 saturated carbocycles. The minimum atomic E-state index is -4.09. The van der Waals surface area contributed by atoms with Gasteiger partial charge in [0.15, 0.2) is 11.5 Å². The van der Waals surface area contributed by atoms with Gasteiger partial charge in [-0.05, 0) is 106 Å². The van der Waals surface area contributed by atoms with E-state index in [9.17, 15) is 18.0 Å². The predicted octanol–water partition coefficient (Wildman–Crippen LogP) is 7.12. The maximum atomic E-state index is 14.2. The average molecular weight is 755 g/mol. The van der Waals surface area contributed by atoms with Crippen LogP contribution in [0.4, 0.5) is 0 Å². The molecule has 0 aliphatic carbocycles. The number of nitrogens with one attached hydrogen (secondary N) is 2. The normalized spacial score (nSPS) is 18.6. The molecule has 4 aromatic carbocycles. The molecule has 0 aromatic heterocycles. The monoisotopic (exact) mass is 754 g/mol. The highest BCUT2D eigenvalue weighted by Gasteiger charge is 2.33. The zero-order chi connectivity index (χ0) is 38.6. The van der Waals surface area contributed by atoms with Gasteiger partial charge in [0.1, 0.15) is 6.04 Å². The maximum Gasteiger partial charge on any atom is 0.245 e. The molecule has 0 bridgehead atoms. The molecule has 2 amide bonds. The van der Waals surface area contributed by atoms with Gasteiger partial charge in [-0.2, -0.15) is 0 Å². The van der Waals surface area contributed by atoms with Gasteiger partial charge in [-0.1, -0.05) is 67.1 Å². The lowest BCUT2D eigenvalue weighted by molar-refractivity contribution is -0.140. The van der Waals surface area contributed by atoms with E-state index < -0.39 is 33.6 Å². The molecule has 11 heteroatoms. The Morgan fingerprint density at radius 1 is 0.870 bits per heavy atom. The van der Waals surface area contributed by atoms with Crippen molar-refractivity contribution in [3.8, 4) is 11.5 Å². The van der Waals surface area contributed by atoms with Crippen LogP contribution in [0.15, 0.2) is 89.8 Å². The fourth-order valence-corrected chi connectivity index (χ4v) is 9.01. The number of benzene rings is 4. The second kappa shape index (κ2) is 16.5. The molecule has 10 nitrogen and oxygen atoms in total. The highest BCUT2D eigenvalue weighted by molar-refractivity contribution is 7.89. The van der Waals surface area contributed by atoms with Crippen LogP contribution >= 0.6 is 0 Å². The Balaban J connectivity index is 1.25. The van der Waals surface area contributed by atoms with Crippen LogP contribution < -0.4 is 19.5 Å². The van der Waals surface area contributed by atoms with Crippen molar-refractivity contribution in [3.63, 3.8) is 0 Å². The molecule has 2 N–H and O–H groups in total. The molecule has 4 aromatic rings. The van der Waals surface area contributed by atoms with E-state index in [4.69, 9.17) is 9.47 Å². The summed E-state index contributed by atoms with van der Waals surface area (Å²) < 4.78 is 41.7. The van der Waals surface area contributed by atoms with Gasteiger partial charge >= 0.3 is 0 Å². The van der Waals surface area contributed by atoms with E-state index in [1.54, 1.807) is 41.3 Å². The molecule has 2 aliphatic heterocycles. The lowest BCUT2D eigenvalue weighted by atomic mass is 9.96. The summed E-state index contributed by atoms with van der Waals surface area (Å²) in [4.78, 5) is 32.7. The van der Waals surface area contributed by atoms with Crippen molar-refractivity contribution in [2.45, 2.75) is 115 Å². The molecule has 54 heavy (non-hydrogen) atoms. The summed E-state index contributed by atoms with van der Waals surface area (Å²) in [6, 6.07) is 25.1. The number of hydrogen-bond acceptors (Lipinski definition) is 7. The Morgan fingerprint density at radius 3 is 2.22 bits per heavy atom. The van der Waals surface area contributed by atoms with Gasteiger partial charge in [-0.15, -0.1) is 0 Å². The van der Waals surface area contributed by atoms with Gasteiger partial charge in [0.25, 0.3) is 0 Å². The molecule has 4 atom stereocenters. The predicted molar refractivity (Wildman–Crippen MR) is 212 cm³/mol. The summed E-state index contributed by atoms with van der Waals surface area (Å²) >= 11 is 0. The number of carbonyl (C=O) groups excluding carboxylic acids is 2. The second-order valence-electron chi connectivity index (χ2n) is 15.7. The van der Waals surface area contributed by atoms with Crippen LogP contribution in [0.1, 0.15) is 90.0 Å². The number of fused-ring (bicyclic) bond motifs is 2. The standard InChI is InChI=1S/C43H54N4O6S/c1-7-47(43(4,5)6)42(49)38(23-31-15-17-32(18-16-31)27-46-29(2)11-10-12-30(46)3)44-41(48)26-37(35-20-22-39-40(25-35)53-28-52-39)45-54(50,51)36-21-19-33-13-8-9-14-34(33)24-36/h8-9,13-22,24-25,29-30,37-38,45H,7,10-12,23,26-28H2,1-6H3,(H,44,48)/t29?,30?,37-,38+/m0/s1. The van der Waals surface area contributed by atoms with Crippen LogP contribution in [-0.2, 0) is 32.6 Å². The topological polar surface area (TPSA) is 117 Å². The van der Waals surface area contributed by atoms with Crippen molar-refractivity contribution in [2.24, 2.45) is 0 Å².